The molecular formula is C19H24N4O4S2. The van der Waals surface area contributed by atoms with E-state index in [-0.39, 0.29) is 16.2 Å². The van der Waals surface area contributed by atoms with Crippen LogP contribution in [-0.4, -0.2) is 28.3 Å². The summed E-state index contributed by atoms with van der Waals surface area (Å²) in [6.45, 7) is 6.96. The summed E-state index contributed by atoms with van der Waals surface area (Å²) in [5.41, 5.74) is 2.75. The van der Waals surface area contributed by atoms with Crippen molar-refractivity contribution < 1.29 is 16.8 Å². The van der Waals surface area contributed by atoms with Crippen molar-refractivity contribution in [1.82, 2.24) is 9.66 Å². The van der Waals surface area contributed by atoms with Crippen LogP contribution in [0, 0.1) is 13.8 Å². The predicted molar refractivity (Wildman–Crippen MR) is 114 cm³/mol. The molecule has 2 aromatic carbocycles. The molecule has 2 rings (SSSR count). The van der Waals surface area contributed by atoms with Gasteiger partial charge < -0.3 is 0 Å². The maximum absolute atomic E-state index is 12.2. The summed E-state index contributed by atoms with van der Waals surface area (Å²) >= 11 is 0. The Labute approximate surface area is 171 Å². The molecular weight excluding hydrogens is 412 g/mol. The first-order valence-electron chi connectivity index (χ1n) is 8.73. The topological polar surface area (TPSA) is 117 Å². The quantitative estimate of drug-likeness (QED) is 0.489. The van der Waals surface area contributed by atoms with Crippen LogP contribution in [0.1, 0.15) is 31.4 Å². The smallest absolute Gasteiger partial charge is 0.200 e. The molecule has 0 saturated heterocycles. The van der Waals surface area contributed by atoms with Crippen LogP contribution in [-0.2, 0) is 20.0 Å². The number of nitrogens with one attached hydrogen (secondary N) is 2. The number of hydrogen-bond donors (Lipinski definition) is 2. The Kier molecular flexibility index (Phi) is 7.15. The van der Waals surface area contributed by atoms with Crippen LogP contribution in [0.3, 0.4) is 0 Å². The minimum absolute atomic E-state index is 0.107. The second-order valence-corrected chi connectivity index (χ2v) is 10.0. The van der Waals surface area contributed by atoms with E-state index in [1.165, 1.54) is 24.3 Å². The van der Waals surface area contributed by atoms with E-state index in [1.54, 1.807) is 38.1 Å². The van der Waals surface area contributed by atoms with Gasteiger partial charge in [0.15, 0.2) is 0 Å². The predicted octanol–water partition coefficient (Wildman–Crippen LogP) is 2.70. The highest BCUT2D eigenvalue weighted by Crippen LogP contribution is 2.11. The Morgan fingerprint density at radius 2 is 1.00 bits per heavy atom. The third-order valence-electron chi connectivity index (χ3n) is 3.89. The highest BCUT2D eigenvalue weighted by atomic mass is 32.2. The van der Waals surface area contributed by atoms with Crippen LogP contribution in [0.15, 0.2) is 68.5 Å². The van der Waals surface area contributed by atoms with Crippen LogP contribution in [0.2, 0.25) is 0 Å². The van der Waals surface area contributed by atoms with E-state index >= 15 is 0 Å². The Balaban J connectivity index is 2.00. The molecule has 2 N–H and O–H groups in total. The number of benzene rings is 2. The molecule has 29 heavy (non-hydrogen) atoms. The fraction of sp³-hybridized carbons (Fsp3) is 0.263. The number of nitrogens with zero attached hydrogens (tertiary/aromatic N) is 2. The summed E-state index contributed by atoms with van der Waals surface area (Å²) in [6, 6.07) is 12.8. The van der Waals surface area contributed by atoms with E-state index in [2.05, 4.69) is 19.9 Å². The molecule has 0 radical (unpaired) electrons. The SMILES string of the molecule is C/C(C/C(C)=N/NS(=O)(=O)c1ccc(C)cc1)=N\NS(=O)(=O)c1ccc(C)cc1. The maximum atomic E-state index is 12.2. The standard InChI is InChI=1S/C19H24N4O4S2/c1-14-5-9-18(10-6-14)28(24,25)22-20-16(3)13-17(4)21-23-29(26,27)19-11-7-15(2)8-12-19/h5-12,22-23H,13H2,1-4H3/b20-16+,21-17+. The summed E-state index contributed by atoms with van der Waals surface area (Å²) in [4.78, 5) is 4.55. The molecule has 8 nitrogen and oxygen atoms in total. The lowest BCUT2D eigenvalue weighted by atomic mass is 10.2. The monoisotopic (exact) mass is 436 g/mol. The van der Waals surface area contributed by atoms with Gasteiger partial charge in [0.1, 0.15) is 0 Å². The van der Waals surface area contributed by atoms with Gasteiger partial charge in [-0.15, -0.1) is 0 Å². The van der Waals surface area contributed by atoms with Gasteiger partial charge in [-0.05, 0) is 52.0 Å². The molecule has 0 heterocycles. The highest BCUT2D eigenvalue weighted by molar-refractivity contribution is 7.89. The summed E-state index contributed by atoms with van der Waals surface area (Å²) < 4.78 is 48.9. The van der Waals surface area contributed by atoms with Gasteiger partial charge in [-0.25, -0.2) is 9.66 Å². The largest absolute Gasteiger partial charge is 0.276 e. The molecule has 2 aromatic rings. The van der Waals surface area contributed by atoms with E-state index in [4.69, 9.17) is 0 Å². The van der Waals surface area contributed by atoms with Crippen molar-refractivity contribution >= 4 is 31.5 Å². The van der Waals surface area contributed by atoms with Crippen molar-refractivity contribution in [3.05, 3.63) is 59.7 Å². The Hall–Kier alpha value is -2.72. The van der Waals surface area contributed by atoms with Gasteiger partial charge in [0.05, 0.1) is 9.79 Å². The van der Waals surface area contributed by atoms with E-state index < -0.39 is 20.0 Å². The lowest BCUT2D eigenvalue weighted by molar-refractivity contribution is 0.583. The molecule has 0 bridgehead atoms. The fourth-order valence-corrected chi connectivity index (χ4v) is 4.02. The zero-order valence-corrected chi connectivity index (χ0v) is 18.3. The van der Waals surface area contributed by atoms with Crippen molar-refractivity contribution in [3.63, 3.8) is 0 Å². The molecule has 10 heteroatoms. The molecule has 0 aliphatic heterocycles. The van der Waals surface area contributed by atoms with Crippen molar-refractivity contribution in [2.75, 3.05) is 0 Å². The summed E-state index contributed by atoms with van der Waals surface area (Å²) in [7, 11) is -7.54. The first-order valence-corrected chi connectivity index (χ1v) is 11.7. The Bertz CT molecular complexity index is 1030. The number of aryl methyl sites for hydroxylation is 2. The molecule has 0 aliphatic rings. The average molecular weight is 437 g/mol. The van der Waals surface area contributed by atoms with Gasteiger partial charge >= 0.3 is 0 Å². The van der Waals surface area contributed by atoms with Gasteiger partial charge in [0.25, 0.3) is 20.0 Å². The van der Waals surface area contributed by atoms with E-state index in [0.717, 1.165) is 11.1 Å². The zero-order valence-electron chi connectivity index (χ0n) is 16.7. The minimum atomic E-state index is -3.77. The Morgan fingerprint density at radius 1 is 0.690 bits per heavy atom. The van der Waals surface area contributed by atoms with E-state index in [0.29, 0.717) is 11.4 Å². The van der Waals surface area contributed by atoms with Crippen molar-refractivity contribution in [2.45, 2.75) is 43.9 Å². The van der Waals surface area contributed by atoms with Gasteiger partial charge in [-0.3, -0.25) is 0 Å². The number of rotatable bonds is 8. The van der Waals surface area contributed by atoms with E-state index in [9.17, 15) is 16.8 Å². The van der Waals surface area contributed by atoms with Crippen LogP contribution >= 0.6 is 0 Å². The first-order chi connectivity index (χ1) is 13.5. The normalized spacial score (nSPS) is 13.2. The third kappa shape index (κ3) is 6.68. The average Bonchev–Trinajstić information content (AvgIpc) is 2.66. The van der Waals surface area contributed by atoms with Crippen LogP contribution in [0.5, 0.6) is 0 Å². The van der Waals surface area contributed by atoms with Gasteiger partial charge in [-0.1, -0.05) is 35.4 Å². The number of hydrazone groups is 2. The second kappa shape index (κ2) is 9.19. The molecule has 0 aliphatic carbocycles. The summed E-state index contributed by atoms with van der Waals surface area (Å²) in [5.74, 6) is 0. The maximum Gasteiger partial charge on any atom is 0.276 e. The molecule has 0 spiro atoms. The fourth-order valence-electron chi connectivity index (χ4n) is 2.27. The molecule has 0 saturated carbocycles. The van der Waals surface area contributed by atoms with Gasteiger partial charge in [0, 0.05) is 17.8 Å². The molecule has 156 valence electrons. The highest BCUT2D eigenvalue weighted by Gasteiger charge is 2.14. The molecule has 0 atom stereocenters. The lowest BCUT2D eigenvalue weighted by Crippen LogP contribution is -2.22. The minimum Gasteiger partial charge on any atom is -0.200 e. The Morgan fingerprint density at radius 3 is 1.31 bits per heavy atom. The van der Waals surface area contributed by atoms with Crippen molar-refractivity contribution in [3.8, 4) is 0 Å². The molecule has 0 unspecified atom stereocenters. The second-order valence-electron chi connectivity index (χ2n) is 6.69. The van der Waals surface area contributed by atoms with Crippen molar-refractivity contribution in [2.24, 2.45) is 10.2 Å². The van der Waals surface area contributed by atoms with Crippen LogP contribution in [0.4, 0.5) is 0 Å². The first kappa shape index (κ1) is 22.6. The summed E-state index contributed by atoms with van der Waals surface area (Å²) in [5, 5.41) is 7.74. The molecule has 0 amide bonds. The number of sulfonamides is 2. The molecule has 0 fully saturated rings. The number of hydrogen-bond acceptors (Lipinski definition) is 6. The summed E-state index contributed by atoms with van der Waals surface area (Å²) in [6.07, 6.45) is 0.187. The third-order valence-corrected chi connectivity index (χ3v) is 6.34. The van der Waals surface area contributed by atoms with Gasteiger partial charge in [0.2, 0.25) is 0 Å². The van der Waals surface area contributed by atoms with Gasteiger partial charge in [-0.2, -0.15) is 27.0 Å². The molecule has 0 aromatic heterocycles. The van der Waals surface area contributed by atoms with Crippen LogP contribution < -0.4 is 9.66 Å². The van der Waals surface area contributed by atoms with Crippen LogP contribution in [0.25, 0.3) is 0 Å². The zero-order chi connectivity index (χ0) is 21.7. The van der Waals surface area contributed by atoms with Crippen molar-refractivity contribution in [1.29, 1.82) is 0 Å². The van der Waals surface area contributed by atoms with E-state index in [1.807, 2.05) is 13.8 Å². The lowest BCUT2D eigenvalue weighted by Gasteiger charge is -2.07.